The molecule has 20 heavy (non-hydrogen) atoms. The molecule has 0 N–H and O–H groups in total. The van der Waals surface area contributed by atoms with Gasteiger partial charge in [-0.15, -0.1) is 0 Å². The van der Waals surface area contributed by atoms with Crippen LogP contribution >= 0.6 is 0 Å². The van der Waals surface area contributed by atoms with Gasteiger partial charge in [-0.05, 0) is 57.8 Å². The number of likely N-dealkylation sites (tertiary alicyclic amines) is 2. The van der Waals surface area contributed by atoms with Gasteiger partial charge < -0.3 is 4.90 Å². The average Bonchev–Trinajstić information content (AvgIpc) is 2.87. The molecule has 0 spiro atoms. The summed E-state index contributed by atoms with van der Waals surface area (Å²) in [6.45, 7) is 8.57. The fourth-order valence-electron chi connectivity index (χ4n) is 3.80. The molecule has 110 valence electrons. The minimum absolute atomic E-state index is 0.786. The maximum atomic E-state index is 2.71. The predicted molar refractivity (Wildman–Crippen MR) is 84.9 cm³/mol. The van der Waals surface area contributed by atoms with Crippen LogP contribution in [-0.4, -0.2) is 42.0 Å². The first-order chi connectivity index (χ1) is 9.81. The Morgan fingerprint density at radius 1 is 1.05 bits per heavy atom. The molecular formula is C18H28N2. The summed E-state index contributed by atoms with van der Waals surface area (Å²) in [5, 5.41) is 0. The van der Waals surface area contributed by atoms with Gasteiger partial charge in [-0.25, -0.2) is 0 Å². The van der Waals surface area contributed by atoms with Crippen LogP contribution in [0.25, 0.3) is 0 Å². The topological polar surface area (TPSA) is 6.48 Å². The second-order valence-corrected chi connectivity index (χ2v) is 6.62. The zero-order chi connectivity index (χ0) is 13.8. The number of piperidine rings is 1. The average molecular weight is 272 g/mol. The zero-order valence-electron chi connectivity index (χ0n) is 12.9. The Morgan fingerprint density at radius 2 is 1.90 bits per heavy atom. The molecule has 0 aliphatic carbocycles. The molecule has 0 saturated carbocycles. The number of hydrogen-bond acceptors (Lipinski definition) is 2. The second-order valence-electron chi connectivity index (χ2n) is 6.62. The van der Waals surface area contributed by atoms with Crippen molar-refractivity contribution in [3.05, 3.63) is 35.4 Å². The van der Waals surface area contributed by atoms with Gasteiger partial charge in [0.25, 0.3) is 0 Å². The third-order valence-electron chi connectivity index (χ3n) is 4.88. The fraction of sp³-hybridized carbons (Fsp3) is 0.667. The predicted octanol–water partition coefficient (Wildman–Crippen LogP) is 3.45. The van der Waals surface area contributed by atoms with E-state index in [1.165, 1.54) is 69.4 Å². The lowest BCUT2D eigenvalue weighted by Crippen LogP contribution is -2.42. The molecule has 3 rings (SSSR count). The molecule has 1 atom stereocenters. The number of hydrogen-bond donors (Lipinski definition) is 0. The molecule has 2 aliphatic rings. The second kappa shape index (κ2) is 6.73. The highest BCUT2D eigenvalue weighted by Gasteiger charge is 2.26. The van der Waals surface area contributed by atoms with Crippen molar-refractivity contribution in [1.82, 2.24) is 9.80 Å². The molecule has 0 aromatic heterocycles. The largest absolute Gasteiger partial charge is 0.302 e. The van der Waals surface area contributed by atoms with Crippen LogP contribution in [0.4, 0.5) is 0 Å². The van der Waals surface area contributed by atoms with Crippen LogP contribution in [0.2, 0.25) is 0 Å². The molecule has 2 aliphatic heterocycles. The third kappa shape index (κ3) is 3.62. The van der Waals surface area contributed by atoms with E-state index in [0.29, 0.717) is 0 Å². The quantitative estimate of drug-likeness (QED) is 0.828. The summed E-state index contributed by atoms with van der Waals surface area (Å²) in [6.07, 6.45) is 7.02. The molecule has 2 nitrogen and oxygen atoms in total. The van der Waals surface area contributed by atoms with Crippen molar-refractivity contribution in [3.8, 4) is 0 Å². The Labute approximate surface area is 123 Å². The van der Waals surface area contributed by atoms with Crippen molar-refractivity contribution >= 4 is 0 Å². The standard InChI is InChI=1S/C18H28N2/c1-16-7-5-8-17(13-16)14-20-12-6-9-18(20)15-19-10-3-2-4-11-19/h5,7-8,13,18H,2-4,6,9-12,14-15H2,1H3. The Morgan fingerprint density at radius 3 is 2.70 bits per heavy atom. The van der Waals surface area contributed by atoms with Crippen LogP contribution in [0.1, 0.15) is 43.2 Å². The van der Waals surface area contributed by atoms with E-state index >= 15 is 0 Å². The van der Waals surface area contributed by atoms with E-state index in [1.807, 2.05) is 0 Å². The van der Waals surface area contributed by atoms with Crippen molar-refractivity contribution in [3.63, 3.8) is 0 Å². The van der Waals surface area contributed by atoms with Gasteiger partial charge in [0, 0.05) is 19.1 Å². The molecule has 2 heterocycles. The van der Waals surface area contributed by atoms with E-state index in [-0.39, 0.29) is 0 Å². The summed E-state index contributed by atoms with van der Waals surface area (Å²) in [5.41, 5.74) is 2.87. The van der Waals surface area contributed by atoms with Gasteiger partial charge in [0.1, 0.15) is 0 Å². The van der Waals surface area contributed by atoms with Crippen LogP contribution < -0.4 is 0 Å². The molecule has 2 saturated heterocycles. The highest BCUT2D eigenvalue weighted by Crippen LogP contribution is 2.22. The summed E-state index contributed by atoms with van der Waals surface area (Å²) in [4.78, 5) is 5.41. The monoisotopic (exact) mass is 272 g/mol. The summed E-state index contributed by atoms with van der Waals surface area (Å²) in [5.74, 6) is 0. The lowest BCUT2D eigenvalue weighted by molar-refractivity contribution is 0.149. The van der Waals surface area contributed by atoms with Crippen molar-refractivity contribution in [2.45, 2.75) is 51.6 Å². The zero-order valence-corrected chi connectivity index (χ0v) is 12.9. The Bertz CT molecular complexity index is 423. The Balaban J connectivity index is 1.57. The van der Waals surface area contributed by atoms with Crippen molar-refractivity contribution in [1.29, 1.82) is 0 Å². The number of nitrogens with zero attached hydrogens (tertiary/aromatic N) is 2. The van der Waals surface area contributed by atoms with E-state index in [9.17, 15) is 0 Å². The van der Waals surface area contributed by atoms with Gasteiger partial charge in [-0.2, -0.15) is 0 Å². The summed E-state index contributed by atoms with van der Waals surface area (Å²) in [6, 6.07) is 9.80. The highest BCUT2D eigenvalue weighted by molar-refractivity contribution is 5.22. The smallest absolute Gasteiger partial charge is 0.0237 e. The van der Waals surface area contributed by atoms with Crippen LogP contribution in [0, 0.1) is 6.92 Å². The fourth-order valence-corrected chi connectivity index (χ4v) is 3.80. The molecule has 0 radical (unpaired) electrons. The third-order valence-corrected chi connectivity index (χ3v) is 4.88. The molecule has 0 amide bonds. The lowest BCUT2D eigenvalue weighted by atomic mass is 10.1. The van der Waals surface area contributed by atoms with E-state index in [0.717, 1.165) is 12.6 Å². The van der Waals surface area contributed by atoms with Gasteiger partial charge in [-0.3, -0.25) is 4.90 Å². The summed E-state index contributed by atoms with van der Waals surface area (Å²) < 4.78 is 0. The van der Waals surface area contributed by atoms with Crippen molar-refractivity contribution in [2.24, 2.45) is 0 Å². The van der Waals surface area contributed by atoms with E-state index < -0.39 is 0 Å². The number of rotatable bonds is 4. The van der Waals surface area contributed by atoms with Crippen molar-refractivity contribution < 1.29 is 0 Å². The summed E-state index contributed by atoms with van der Waals surface area (Å²) >= 11 is 0. The number of aryl methyl sites for hydroxylation is 1. The van der Waals surface area contributed by atoms with Crippen LogP contribution in [0.3, 0.4) is 0 Å². The van der Waals surface area contributed by atoms with Crippen LogP contribution in [-0.2, 0) is 6.54 Å². The van der Waals surface area contributed by atoms with Crippen molar-refractivity contribution in [2.75, 3.05) is 26.2 Å². The number of benzene rings is 1. The molecule has 1 aromatic rings. The van der Waals surface area contributed by atoms with Crippen LogP contribution in [0.5, 0.6) is 0 Å². The molecule has 1 aromatic carbocycles. The maximum absolute atomic E-state index is 2.71. The molecular weight excluding hydrogens is 244 g/mol. The van der Waals surface area contributed by atoms with Gasteiger partial charge >= 0.3 is 0 Å². The SMILES string of the molecule is Cc1cccc(CN2CCCC2CN2CCCCC2)c1. The lowest BCUT2D eigenvalue weighted by Gasteiger charge is -2.33. The van der Waals surface area contributed by atoms with Gasteiger partial charge in [0.05, 0.1) is 0 Å². The summed E-state index contributed by atoms with van der Waals surface area (Å²) in [7, 11) is 0. The minimum atomic E-state index is 0.786. The normalized spacial score (nSPS) is 25.1. The van der Waals surface area contributed by atoms with Gasteiger partial charge in [0.15, 0.2) is 0 Å². The Kier molecular flexibility index (Phi) is 4.74. The van der Waals surface area contributed by atoms with E-state index in [4.69, 9.17) is 0 Å². The highest BCUT2D eigenvalue weighted by atomic mass is 15.2. The maximum Gasteiger partial charge on any atom is 0.0237 e. The first kappa shape index (κ1) is 14.1. The molecule has 0 bridgehead atoms. The van der Waals surface area contributed by atoms with Gasteiger partial charge in [0.2, 0.25) is 0 Å². The molecule has 2 fully saturated rings. The van der Waals surface area contributed by atoms with E-state index in [1.54, 1.807) is 0 Å². The molecule has 2 heteroatoms. The van der Waals surface area contributed by atoms with Gasteiger partial charge in [-0.1, -0.05) is 36.2 Å². The first-order valence-electron chi connectivity index (χ1n) is 8.33. The minimum Gasteiger partial charge on any atom is -0.302 e. The van der Waals surface area contributed by atoms with E-state index in [2.05, 4.69) is 41.0 Å². The first-order valence-corrected chi connectivity index (χ1v) is 8.33. The Hall–Kier alpha value is -0.860. The molecule has 1 unspecified atom stereocenters. The van der Waals surface area contributed by atoms with Crippen LogP contribution in [0.15, 0.2) is 24.3 Å².